The summed E-state index contributed by atoms with van der Waals surface area (Å²) in [6, 6.07) is 0. The number of hydrogen-bond acceptors (Lipinski definition) is 2. The average Bonchev–Trinajstić information content (AvgIpc) is 2.24. The summed E-state index contributed by atoms with van der Waals surface area (Å²) in [5.41, 5.74) is 0. The van der Waals surface area contributed by atoms with Crippen molar-refractivity contribution in [2.75, 3.05) is 0 Å². The Morgan fingerprint density at radius 2 is 1.43 bits per heavy atom. The lowest BCUT2D eigenvalue weighted by atomic mass is 10.2. The summed E-state index contributed by atoms with van der Waals surface area (Å²) in [7, 11) is 0. The van der Waals surface area contributed by atoms with E-state index in [4.69, 9.17) is 0 Å². The highest BCUT2D eigenvalue weighted by atomic mass is 32.2. The molecule has 14 heavy (non-hydrogen) atoms. The van der Waals surface area contributed by atoms with Gasteiger partial charge in [-0.25, -0.2) is 0 Å². The molecular weight excluding hydrogens is 208 g/mol. The third-order valence-electron chi connectivity index (χ3n) is 2.21. The molecule has 0 aromatic rings. The molecule has 2 heteroatoms. The summed E-state index contributed by atoms with van der Waals surface area (Å²) in [5, 5.41) is 4.63. The Bertz CT molecular complexity index is 194. The van der Waals surface area contributed by atoms with E-state index in [-0.39, 0.29) is 0 Å². The normalized spacial score (nSPS) is 16.4. The quantitative estimate of drug-likeness (QED) is 0.586. The summed E-state index contributed by atoms with van der Waals surface area (Å²) < 4.78 is 0. The van der Waals surface area contributed by atoms with Gasteiger partial charge in [0.05, 0.1) is 0 Å². The summed E-state index contributed by atoms with van der Waals surface area (Å²) in [6.07, 6.45) is 7.82. The maximum atomic E-state index is 2.32. The van der Waals surface area contributed by atoms with Crippen LogP contribution in [0, 0.1) is 0 Å². The lowest BCUT2D eigenvalue weighted by molar-refractivity contribution is 0.803. The van der Waals surface area contributed by atoms with Crippen molar-refractivity contribution < 1.29 is 0 Å². The highest BCUT2D eigenvalue weighted by Gasteiger charge is 2.07. The van der Waals surface area contributed by atoms with E-state index < -0.39 is 0 Å². The SMILES string of the molecule is CCCCC1=CSC=C(CCCC)S1. The van der Waals surface area contributed by atoms with Crippen LogP contribution in [0.5, 0.6) is 0 Å². The van der Waals surface area contributed by atoms with E-state index in [9.17, 15) is 0 Å². The maximum absolute atomic E-state index is 2.32. The van der Waals surface area contributed by atoms with Gasteiger partial charge in [0.1, 0.15) is 0 Å². The van der Waals surface area contributed by atoms with Crippen molar-refractivity contribution in [1.82, 2.24) is 0 Å². The topological polar surface area (TPSA) is 0 Å². The van der Waals surface area contributed by atoms with Gasteiger partial charge in [-0.05, 0) is 46.3 Å². The lowest BCUT2D eigenvalue weighted by Crippen LogP contribution is -1.85. The first-order valence-corrected chi connectivity index (χ1v) is 7.34. The minimum absolute atomic E-state index is 1.28. The first-order valence-electron chi connectivity index (χ1n) is 5.58. The Balaban J connectivity index is 2.27. The Morgan fingerprint density at radius 3 is 1.86 bits per heavy atom. The molecule has 0 fully saturated rings. The van der Waals surface area contributed by atoms with Crippen LogP contribution in [0.4, 0.5) is 0 Å². The number of unbranched alkanes of at least 4 members (excludes halogenated alkanes) is 2. The highest BCUT2D eigenvalue weighted by Crippen LogP contribution is 2.39. The van der Waals surface area contributed by atoms with Crippen LogP contribution in [-0.2, 0) is 0 Å². The Hall–Kier alpha value is 0.180. The third kappa shape index (κ3) is 4.61. The number of hydrogen-bond donors (Lipinski definition) is 0. The molecule has 0 spiro atoms. The van der Waals surface area contributed by atoms with Gasteiger partial charge < -0.3 is 0 Å². The molecule has 1 heterocycles. The highest BCUT2D eigenvalue weighted by molar-refractivity contribution is 8.12. The molecule has 0 unspecified atom stereocenters. The van der Waals surface area contributed by atoms with Gasteiger partial charge in [0.2, 0.25) is 0 Å². The van der Waals surface area contributed by atoms with Crippen LogP contribution in [0.1, 0.15) is 52.4 Å². The molecule has 0 aromatic carbocycles. The maximum Gasteiger partial charge on any atom is -0.00391 e. The van der Waals surface area contributed by atoms with Crippen LogP contribution in [0.25, 0.3) is 0 Å². The summed E-state index contributed by atoms with van der Waals surface area (Å²) in [5.74, 6) is 0. The molecule has 0 bridgehead atoms. The van der Waals surface area contributed by atoms with Gasteiger partial charge >= 0.3 is 0 Å². The fourth-order valence-corrected chi connectivity index (χ4v) is 3.48. The van der Waals surface area contributed by atoms with Gasteiger partial charge in [-0.2, -0.15) is 0 Å². The molecule has 0 saturated carbocycles. The van der Waals surface area contributed by atoms with Crippen molar-refractivity contribution >= 4 is 23.5 Å². The van der Waals surface area contributed by atoms with Crippen LogP contribution in [0.3, 0.4) is 0 Å². The van der Waals surface area contributed by atoms with E-state index >= 15 is 0 Å². The first kappa shape index (κ1) is 12.3. The van der Waals surface area contributed by atoms with Gasteiger partial charge in [-0.3, -0.25) is 0 Å². The molecule has 1 rings (SSSR count). The Labute approximate surface area is 96.6 Å². The van der Waals surface area contributed by atoms with Gasteiger partial charge in [-0.15, -0.1) is 11.8 Å². The van der Waals surface area contributed by atoms with Gasteiger partial charge in [-0.1, -0.05) is 38.5 Å². The van der Waals surface area contributed by atoms with E-state index in [2.05, 4.69) is 24.7 Å². The second-order valence-electron chi connectivity index (χ2n) is 3.61. The number of thioether (sulfide) groups is 2. The van der Waals surface area contributed by atoms with E-state index in [1.54, 1.807) is 9.81 Å². The van der Waals surface area contributed by atoms with E-state index in [1.807, 2.05) is 23.5 Å². The Kier molecular flexibility index (Phi) is 6.54. The molecule has 1 aliphatic rings. The van der Waals surface area contributed by atoms with Crippen LogP contribution in [-0.4, -0.2) is 0 Å². The molecule has 0 N–H and O–H groups in total. The molecule has 0 aromatic heterocycles. The largest absolute Gasteiger partial charge is 0.104 e. The zero-order valence-electron chi connectivity index (χ0n) is 9.21. The monoisotopic (exact) mass is 228 g/mol. The lowest BCUT2D eigenvalue weighted by Gasteiger charge is -2.13. The van der Waals surface area contributed by atoms with Crippen molar-refractivity contribution in [3.8, 4) is 0 Å². The molecule has 0 amide bonds. The minimum Gasteiger partial charge on any atom is -0.104 e. The predicted molar refractivity (Wildman–Crippen MR) is 70.4 cm³/mol. The molecule has 0 atom stereocenters. The number of rotatable bonds is 6. The van der Waals surface area contributed by atoms with Crippen molar-refractivity contribution in [3.63, 3.8) is 0 Å². The average molecular weight is 228 g/mol. The van der Waals surface area contributed by atoms with Crippen LogP contribution in [0.15, 0.2) is 20.6 Å². The Morgan fingerprint density at radius 1 is 0.929 bits per heavy atom. The van der Waals surface area contributed by atoms with Crippen molar-refractivity contribution in [2.24, 2.45) is 0 Å². The standard InChI is InChI=1S/C12H20S2/c1-3-5-7-11-9-13-10-12(14-11)8-6-4-2/h9-10H,3-8H2,1-2H3. The molecule has 80 valence electrons. The second-order valence-corrected chi connectivity index (χ2v) is 5.61. The minimum atomic E-state index is 1.28. The fourth-order valence-electron chi connectivity index (χ4n) is 1.32. The van der Waals surface area contributed by atoms with Gasteiger partial charge in [0.15, 0.2) is 0 Å². The van der Waals surface area contributed by atoms with Crippen LogP contribution in [0.2, 0.25) is 0 Å². The van der Waals surface area contributed by atoms with E-state index in [1.165, 1.54) is 38.5 Å². The summed E-state index contributed by atoms with van der Waals surface area (Å²) >= 11 is 3.88. The summed E-state index contributed by atoms with van der Waals surface area (Å²) in [4.78, 5) is 3.15. The van der Waals surface area contributed by atoms with Crippen LogP contribution < -0.4 is 0 Å². The van der Waals surface area contributed by atoms with Crippen molar-refractivity contribution in [2.45, 2.75) is 52.4 Å². The predicted octanol–water partition coefficient (Wildman–Crippen LogP) is 5.53. The molecule has 0 radical (unpaired) electrons. The third-order valence-corrected chi connectivity index (χ3v) is 4.52. The molecule has 0 nitrogen and oxygen atoms in total. The second kappa shape index (κ2) is 7.47. The van der Waals surface area contributed by atoms with Crippen molar-refractivity contribution in [3.05, 3.63) is 20.6 Å². The van der Waals surface area contributed by atoms with Crippen LogP contribution >= 0.6 is 23.5 Å². The smallest absolute Gasteiger partial charge is 0.00391 e. The molecular formula is C12H20S2. The molecule has 1 aliphatic heterocycles. The van der Waals surface area contributed by atoms with E-state index in [0.717, 1.165) is 0 Å². The fraction of sp³-hybridized carbons (Fsp3) is 0.667. The molecule has 0 saturated heterocycles. The zero-order chi connectivity index (χ0) is 10.2. The summed E-state index contributed by atoms with van der Waals surface area (Å²) in [6.45, 7) is 4.52. The molecule has 0 aliphatic carbocycles. The van der Waals surface area contributed by atoms with E-state index in [0.29, 0.717) is 0 Å². The van der Waals surface area contributed by atoms with Gasteiger partial charge in [0.25, 0.3) is 0 Å². The number of allylic oxidation sites excluding steroid dienone is 2. The first-order chi connectivity index (χ1) is 6.86. The van der Waals surface area contributed by atoms with Crippen molar-refractivity contribution in [1.29, 1.82) is 0 Å². The van der Waals surface area contributed by atoms with Gasteiger partial charge in [0, 0.05) is 0 Å². The zero-order valence-corrected chi connectivity index (χ0v) is 10.8.